The van der Waals surface area contributed by atoms with Crippen molar-refractivity contribution in [1.29, 1.82) is 0 Å². The molecule has 34 nitrogen and oxygen atoms in total. The largest absolute Gasteiger partial charge is 0.392 e. The average Bonchev–Trinajstić information content (AvgIpc) is 1.56. The maximum Gasteiger partial charge on any atom is 0.351 e. The summed E-state index contributed by atoms with van der Waals surface area (Å²) >= 11 is 5.84. The lowest BCUT2D eigenvalue weighted by Crippen LogP contribution is -2.53. The summed E-state index contributed by atoms with van der Waals surface area (Å²) in [6.07, 6.45) is 23.8. The summed E-state index contributed by atoms with van der Waals surface area (Å²) in [5.74, 6) is 2.56. The standard InChI is InChI=1S/C17H22ClNO5.C17H21NO5.C16H21N3O4.C16H21NO6.C12H15N3O5/c1-5-17(7-8-18)13-16(4,24-15(2,3)22-13)14(23-17)19-9-6-11(20)10-12(19)21;1-6-17(7-2)13-16(5,23-15(3,4)21-13)14(22-17)18-9-8-11(19)10-12(18)20;1-6-16(7-2)11-15(5,23-14(3,4)21-11)12(22-16)19-9-8-10(17)18-13(19)20;1-5-16(9-18)12-15(4,23-14(2,3)21-12)13(22-16)17-7-6-10(19)8-11(17)20;1-3-12(6-16)8(17)11(2,19)9(20-12)15-5-4-7(13)14-10(15)18/h6-9,13-14H,5,10H2,1-4H3;1,8-9,13-14H,7,10H2,2-5H3;1,8-9,11-12H,7H2,2-5H3,(H2,17,18,20);6-7,9,12-13H,5,8H2,1-4H3;1,4-5,8-9,16-17,19H,6H2,2H3,(H2,13,14,18)/t13-,14+,16+,17-;13-,14+,16+,17+;11-,12+,15+,16+;12-,13+,15+,16-;8-,9+,11+,12+/m00000/s1. The first kappa shape index (κ1) is 87.1. The van der Waals surface area contributed by atoms with Crippen molar-refractivity contribution in [3.05, 3.63) is 93.9 Å². The number of aliphatic hydroxyl groups is 3. The van der Waals surface area contributed by atoms with Crippen LogP contribution in [0.25, 0.3) is 0 Å². The first-order valence-electron chi connectivity index (χ1n) is 36.8. The van der Waals surface area contributed by atoms with E-state index in [1.54, 1.807) is 26.8 Å². The number of nitrogens with two attached hydrogens (primary N) is 2. The Morgan fingerprint density at radius 1 is 0.487 bits per heavy atom. The molecule has 2 aromatic rings. The van der Waals surface area contributed by atoms with Gasteiger partial charge in [0.25, 0.3) is 0 Å². The molecule has 14 rings (SSSR count). The third kappa shape index (κ3) is 15.1. The Morgan fingerprint density at radius 2 is 0.805 bits per heavy atom. The molecule has 0 saturated carbocycles. The molecule has 0 radical (unpaired) electrons. The number of hydrogen-bond acceptors (Lipinski definition) is 29. The lowest BCUT2D eigenvalue weighted by atomic mass is 9.85. The van der Waals surface area contributed by atoms with Crippen LogP contribution in [0.5, 0.6) is 0 Å². The lowest BCUT2D eigenvalue weighted by molar-refractivity contribution is -0.234. The van der Waals surface area contributed by atoms with E-state index in [4.69, 9.17) is 104 Å². The third-order valence-corrected chi connectivity index (χ3v) is 22.2. The van der Waals surface area contributed by atoms with Crippen molar-refractivity contribution in [1.82, 2.24) is 33.8 Å². The van der Waals surface area contributed by atoms with Crippen molar-refractivity contribution in [2.75, 3.05) is 18.1 Å². The van der Waals surface area contributed by atoms with E-state index >= 15 is 0 Å². The van der Waals surface area contributed by atoms with Crippen molar-refractivity contribution >= 4 is 64.6 Å². The van der Waals surface area contributed by atoms with Crippen molar-refractivity contribution < 1.29 is 110 Å². The number of halogens is 1. The predicted octanol–water partition coefficient (Wildman–Crippen LogP) is 3.61. The van der Waals surface area contributed by atoms with Crippen LogP contribution in [-0.4, -0.2) is 225 Å². The smallest absolute Gasteiger partial charge is 0.351 e. The lowest BCUT2D eigenvalue weighted by Gasteiger charge is -2.36. The van der Waals surface area contributed by atoms with Crippen LogP contribution >= 0.6 is 11.6 Å². The Morgan fingerprint density at radius 3 is 1.12 bits per heavy atom. The average molecular weight is 1600 g/mol. The molecule has 0 aromatic carbocycles. The number of terminal acetylenes is 3. The van der Waals surface area contributed by atoms with E-state index in [0.717, 1.165) is 10.9 Å². The maximum atomic E-state index is 12.4. The van der Waals surface area contributed by atoms with E-state index in [1.807, 2.05) is 90.0 Å². The summed E-state index contributed by atoms with van der Waals surface area (Å²) in [7, 11) is 0. The minimum Gasteiger partial charge on any atom is -0.392 e. The zero-order valence-corrected chi connectivity index (χ0v) is 66.9. The molecule has 9 saturated heterocycles. The van der Waals surface area contributed by atoms with Crippen LogP contribution in [0.15, 0.2) is 82.6 Å². The SMILES string of the molecule is C#C[C@]1(CC)O[C@@H](N2C=CC(=O)CC2=O)[C@]2(C)OC(C)(C)O[C@@H]21.C#C[C@]1(CC)O[C@@H](n2ccc(N)nc2=O)[C@]2(C)OC(C)(C)O[C@@H]21.C#C[C@]1(CO)O[C@@H](n2ccc(N)nc2=O)[C@](C)(O)[C@@H]1O.CC[C@@]1(C=CCl)O[C@@H](N2C=CC(=O)CC2=O)[C@]2(C)OC(C)(C)O[C@@H]21.CC[C@@]1(C=O)O[C@@H](N2C=CC(=O)CC2=O)[C@]2(C)OC(C)(C)O[C@@H]21. The molecule has 35 heteroatoms. The first-order valence-corrected chi connectivity index (χ1v) is 37.3. The Kier molecular flexibility index (Phi) is 23.5. The number of nitrogens with zero attached hydrogens (tertiary/aromatic N) is 7. The number of amides is 3. The predicted molar refractivity (Wildman–Crippen MR) is 397 cm³/mol. The number of carbonyl (C=O) groups excluding carboxylic acids is 7. The highest BCUT2D eigenvalue weighted by Crippen LogP contribution is 2.59. The van der Waals surface area contributed by atoms with Crippen LogP contribution in [-0.2, 0) is 95.1 Å². The van der Waals surface area contributed by atoms with Gasteiger partial charge in [-0.05, 0) is 152 Å². The normalized spacial score (nSPS) is 40.2. The van der Waals surface area contributed by atoms with E-state index in [0.29, 0.717) is 25.7 Å². The van der Waals surface area contributed by atoms with Crippen molar-refractivity contribution in [2.45, 2.75) is 303 Å². The summed E-state index contributed by atoms with van der Waals surface area (Å²) in [4.78, 5) is 118. The van der Waals surface area contributed by atoms with Crippen LogP contribution in [0.4, 0.5) is 11.6 Å². The van der Waals surface area contributed by atoms with E-state index in [2.05, 4.69) is 27.7 Å². The molecule has 2 aromatic heterocycles. The molecule has 0 unspecified atom stereocenters. The molecule has 12 aliphatic heterocycles. The van der Waals surface area contributed by atoms with Gasteiger partial charge in [-0.2, -0.15) is 9.97 Å². The summed E-state index contributed by atoms with van der Waals surface area (Å²) in [6, 6.07) is 2.87. The number of hydrogen-bond donors (Lipinski definition) is 5. The first-order chi connectivity index (χ1) is 52.5. The number of rotatable bonds is 12. The quantitative estimate of drug-likeness (QED) is 0.115. The maximum absolute atomic E-state index is 12.4. The molecule has 7 N–H and O–H groups in total. The molecule has 12 aliphatic rings. The number of ketones is 3. The molecule has 14 heterocycles. The number of anilines is 2. The second-order valence-corrected chi connectivity index (χ2v) is 32.3. The van der Waals surface area contributed by atoms with Gasteiger partial charge in [-0.3, -0.25) is 52.6 Å². The number of carbonyl (C=O) groups is 7. The third-order valence-electron chi connectivity index (χ3n) is 22.1. The zero-order valence-electron chi connectivity index (χ0n) is 66.2. The topological polar surface area (TPSA) is 432 Å². The molecule has 0 bridgehead atoms. The number of ether oxygens (including phenoxy) is 13. The van der Waals surface area contributed by atoms with Gasteiger partial charge in [0.2, 0.25) is 17.7 Å². The molecule has 3 amide bonds. The number of aromatic nitrogens is 4. The van der Waals surface area contributed by atoms with Crippen molar-refractivity contribution in [3.8, 4) is 37.0 Å². The van der Waals surface area contributed by atoms with Gasteiger partial charge in [0, 0.05) is 36.5 Å². The Bertz CT molecular complexity index is 4520. The molecular weight excluding hydrogens is 1500 g/mol. The van der Waals surface area contributed by atoms with Gasteiger partial charge in [0.1, 0.15) is 75.8 Å². The molecule has 113 heavy (non-hydrogen) atoms. The van der Waals surface area contributed by atoms with Gasteiger partial charge in [-0.15, -0.1) is 19.3 Å². The number of nitrogen functional groups attached to an aromatic ring is 2. The van der Waals surface area contributed by atoms with E-state index < -0.39 is 159 Å². The van der Waals surface area contributed by atoms with Crippen LogP contribution in [0, 0.1) is 37.0 Å². The number of allylic oxidation sites excluding steroid dienone is 3. The molecule has 0 spiro atoms. The van der Waals surface area contributed by atoms with Gasteiger partial charge in [-0.1, -0.05) is 57.1 Å². The molecule has 9 fully saturated rings. The Labute approximate surface area is 658 Å². The number of fused-ring (bicyclic) bond motifs is 4. The molecule has 614 valence electrons. The number of aliphatic hydroxyl groups excluding tert-OH is 2. The summed E-state index contributed by atoms with van der Waals surface area (Å²) in [6.45, 7) is 29.9. The van der Waals surface area contributed by atoms with Crippen molar-refractivity contribution in [2.24, 2.45) is 0 Å². The van der Waals surface area contributed by atoms with Gasteiger partial charge in [-0.25, -0.2) is 9.59 Å². The van der Waals surface area contributed by atoms with E-state index in [9.17, 15) is 58.5 Å². The summed E-state index contributed by atoms with van der Waals surface area (Å²) in [5, 5.41) is 29.8. The van der Waals surface area contributed by atoms with Gasteiger partial charge < -0.3 is 93.2 Å². The second-order valence-electron chi connectivity index (χ2n) is 32.1. The fraction of sp³-hybridized carbons (Fsp3) is 0.628. The van der Waals surface area contributed by atoms with Crippen LogP contribution < -0.4 is 22.8 Å². The highest BCUT2D eigenvalue weighted by molar-refractivity contribution is 6.25. The highest BCUT2D eigenvalue weighted by atomic mass is 35.5. The minimum absolute atomic E-state index is 0.00908. The van der Waals surface area contributed by atoms with Crippen LogP contribution in [0.3, 0.4) is 0 Å². The van der Waals surface area contributed by atoms with E-state index in [1.165, 1.54) is 93.1 Å². The Hall–Kier alpha value is -8.26. The fourth-order valence-electron chi connectivity index (χ4n) is 17.0. The highest BCUT2D eigenvalue weighted by Gasteiger charge is 2.75. The van der Waals surface area contributed by atoms with Gasteiger partial charge >= 0.3 is 11.4 Å². The monoisotopic (exact) mass is 1600 g/mol. The summed E-state index contributed by atoms with van der Waals surface area (Å²) in [5.41, 5.74) is -0.362. The molecular formula is C78H100ClN9O25. The minimum atomic E-state index is -1.89. The van der Waals surface area contributed by atoms with Crippen LogP contribution in [0.2, 0.25) is 0 Å². The van der Waals surface area contributed by atoms with E-state index in [-0.39, 0.29) is 66.0 Å². The number of aldehydes is 1. The zero-order chi connectivity index (χ0) is 84.0. The van der Waals surface area contributed by atoms with Gasteiger partial charge in [0.05, 0.1) is 25.9 Å². The Balaban J connectivity index is 0.000000150. The molecule has 20 atom stereocenters. The van der Waals surface area contributed by atoms with Gasteiger partial charge in [0.15, 0.2) is 100 Å². The van der Waals surface area contributed by atoms with Crippen LogP contribution in [0.1, 0.15) is 175 Å². The van der Waals surface area contributed by atoms with Crippen molar-refractivity contribution in [3.63, 3.8) is 0 Å². The molecule has 0 aliphatic carbocycles. The second kappa shape index (κ2) is 30.4. The fourth-order valence-corrected chi connectivity index (χ4v) is 17.2. The summed E-state index contributed by atoms with van der Waals surface area (Å²) < 4.78 is 80.7.